The number of rotatable bonds is 3. The molecule has 0 saturated heterocycles. The van der Waals surface area contributed by atoms with Gasteiger partial charge in [0.2, 0.25) is 0 Å². The molecule has 0 aliphatic heterocycles. The van der Waals surface area contributed by atoms with E-state index in [4.69, 9.17) is 15.7 Å². The van der Waals surface area contributed by atoms with Gasteiger partial charge in [-0.1, -0.05) is 0 Å². The molecule has 0 amide bonds. The van der Waals surface area contributed by atoms with Crippen molar-refractivity contribution in [1.82, 2.24) is 4.98 Å². The van der Waals surface area contributed by atoms with Gasteiger partial charge in [-0.15, -0.1) is 0 Å². The molecule has 5 nitrogen and oxygen atoms in total. The van der Waals surface area contributed by atoms with Crippen LogP contribution in [0, 0.1) is 16.5 Å². The normalized spacial score (nSPS) is 10.0. The molecule has 1 heterocycles. The monoisotopic (exact) mass is 357 g/mol. The molecule has 0 fully saturated rings. The zero-order chi connectivity index (χ0) is 16.2. The van der Waals surface area contributed by atoms with E-state index in [2.05, 4.69) is 16.2 Å². The van der Waals surface area contributed by atoms with Crippen molar-refractivity contribution in [3.8, 4) is 28.1 Å². The van der Waals surface area contributed by atoms with Crippen molar-refractivity contribution < 1.29 is 9.30 Å². The van der Waals surface area contributed by atoms with E-state index < -0.39 is 0 Å². The van der Waals surface area contributed by atoms with Crippen molar-refractivity contribution in [3.05, 3.63) is 36.4 Å². The van der Waals surface area contributed by atoms with Crippen LogP contribution >= 0.6 is 31.0 Å². The summed E-state index contributed by atoms with van der Waals surface area (Å²) in [7, 11) is -0.369. The second kappa shape index (κ2) is 6.91. The molecule has 2 aromatic carbocycles. The summed E-state index contributed by atoms with van der Waals surface area (Å²) in [6, 6.07) is 11.4. The molecule has 0 aliphatic rings. The second-order valence-corrected chi connectivity index (χ2v) is 6.54. The van der Waals surface area contributed by atoms with Gasteiger partial charge in [0.1, 0.15) is 0 Å². The van der Waals surface area contributed by atoms with Crippen molar-refractivity contribution in [2.24, 2.45) is 0 Å². The number of anilines is 1. The Morgan fingerprint density at radius 2 is 2.13 bits per heavy atom. The van der Waals surface area contributed by atoms with E-state index in [0.717, 1.165) is 27.6 Å². The first-order valence-corrected chi connectivity index (χ1v) is 8.77. The van der Waals surface area contributed by atoms with Crippen LogP contribution in [0.5, 0.6) is 5.75 Å². The van der Waals surface area contributed by atoms with Gasteiger partial charge in [-0.05, 0) is 0 Å². The summed E-state index contributed by atoms with van der Waals surface area (Å²) in [5.74, 6) is 2.61. The third-order valence-electron chi connectivity index (χ3n) is 3.02. The third kappa shape index (κ3) is 3.12. The van der Waals surface area contributed by atoms with Crippen molar-refractivity contribution in [3.63, 3.8) is 0 Å². The van der Waals surface area contributed by atoms with E-state index in [9.17, 15) is 4.57 Å². The number of thioether (sulfide) groups is 1. The van der Waals surface area contributed by atoms with Crippen LogP contribution in [0.2, 0.25) is 0 Å². The molecule has 0 unspecified atom stereocenters. The van der Waals surface area contributed by atoms with Crippen LogP contribution < -0.4 is 10.5 Å². The van der Waals surface area contributed by atoms with E-state index in [0.29, 0.717) is 21.3 Å². The first kappa shape index (κ1) is 15.7. The molecule has 0 aliphatic carbocycles. The number of nitrogens with zero attached hydrogens (tertiary/aromatic N) is 2. The SMILES string of the molecule is N#CSc1cc(OC#P=O)c2nc(N)sc2c1-c1ccccc1. The van der Waals surface area contributed by atoms with E-state index in [1.165, 1.54) is 11.3 Å². The van der Waals surface area contributed by atoms with Gasteiger partial charge in [0, 0.05) is 0 Å². The molecular weight excluding hydrogens is 349 g/mol. The molecule has 23 heavy (non-hydrogen) atoms. The molecule has 0 radical (unpaired) electrons. The molecule has 8 heteroatoms. The minimum absolute atomic E-state index is 0.369. The summed E-state index contributed by atoms with van der Waals surface area (Å²) in [6.45, 7) is 0. The van der Waals surface area contributed by atoms with Crippen LogP contribution in [0.1, 0.15) is 0 Å². The van der Waals surface area contributed by atoms with Crippen LogP contribution in [0.3, 0.4) is 0 Å². The number of ether oxygens (including phenoxy) is 1. The molecule has 112 valence electrons. The zero-order valence-corrected chi connectivity index (χ0v) is 14.0. The number of thiazole rings is 1. The predicted molar refractivity (Wildman–Crippen MR) is 93.1 cm³/mol. The standard InChI is InChI=1S/C15H8N3O2PS2/c16-7-22-11-6-10(20-8-21-19)13-14(23-15(17)18-13)12(11)9-4-2-1-3-5-9/h1-6H,(H2,17,18). The van der Waals surface area contributed by atoms with E-state index >= 15 is 0 Å². The summed E-state index contributed by atoms with van der Waals surface area (Å²) in [5, 5.41) is 11.6. The summed E-state index contributed by atoms with van der Waals surface area (Å²) in [5.41, 5.74) is 8.26. The first-order chi connectivity index (χ1) is 11.2. The maximum atomic E-state index is 10.6. The molecule has 1 aromatic heterocycles. The Kier molecular flexibility index (Phi) is 4.71. The Morgan fingerprint density at radius 1 is 1.35 bits per heavy atom. The number of nitrogen functional groups attached to an aromatic ring is 1. The Labute approximate surface area is 141 Å². The predicted octanol–water partition coefficient (Wildman–Crippen LogP) is 4.71. The van der Waals surface area contributed by atoms with Crippen LogP contribution in [0.25, 0.3) is 21.3 Å². The van der Waals surface area contributed by atoms with Crippen molar-refractivity contribution in [2.45, 2.75) is 4.90 Å². The molecule has 0 spiro atoms. The van der Waals surface area contributed by atoms with Gasteiger partial charge in [0.15, 0.2) is 0 Å². The number of fused-ring (bicyclic) bond motifs is 1. The van der Waals surface area contributed by atoms with Gasteiger partial charge < -0.3 is 0 Å². The topological polar surface area (TPSA) is 89.0 Å². The summed E-state index contributed by atoms with van der Waals surface area (Å²) in [6.07, 6.45) is 0. The maximum absolute atomic E-state index is 10.6. The van der Waals surface area contributed by atoms with Crippen LogP contribution in [-0.2, 0) is 4.57 Å². The van der Waals surface area contributed by atoms with Crippen LogP contribution in [0.4, 0.5) is 5.13 Å². The van der Waals surface area contributed by atoms with Crippen molar-refractivity contribution in [2.75, 3.05) is 5.73 Å². The quantitative estimate of drug-likeness (QED) is 0.415. The fraction of sp³-hybridized carbons (Fsp3) is 0. The molecule has 2 N–H and O–H groups in total. The van der Waals surface area contributed by atoms with Gasteiger partial charge in [0.25, 0.3) is 0 Å². The van der Waals surface area contributed by atoms with E-state index in [-0.39, 0.29) is 7.92 Å². The number of hydrogen-bond donors (Lipinski definition) is 1. The van der Waals surface area contributed by atoms with Gasteiger partial charge >= 0.3 is 141 Å². The zero-order valence-electron chi connectivity index (χ0n) is 11.5. The number of nitrogens with two attached hydrogens (primary N) is 1. The van der Waals surface area contributed by atoms with E-state index in [1.807, 2.05) is 30.3 Å². The molecule has 3 rings (SSSR count). The van der Waals surface area contributed by atoms with Gasteiger partial charge in [-0.2, -0.15) is 0 Å². The Morgan fingerprint density at radius 3 is 2.83 bits per heavy atom. The van der Waals surface area contributed by atoms with Gasteiger partial charge in [-0.25, -0.2) is 0 Å². The molecule has 0 bridgehead atoms. The summed E-state index contributed by atoms with van der Waals surface area (Å²) < 4.78 is 16.6. The Balaban J connectivity index is 2.37. The van der Waals surface area contributed by atoms with E-state index in [1.54, 1.807) is 6.07 Å². The fourth-order valence-electron chi connectivity index (χ4n) is 2.20. The number of hydrogen-bond acceptors (Lipinski definition) is 7. The number of aromatic nitrogens is 1. The molecule has 0 atom stereocenters. The number of benzene rings is 2. The van der Waals surface area contributed by atoms with Gasteiger partial charge in [0.05, 0.1) is 0 Å². The summed E-state index contributed by atoms with van der Waals surface area (Å²) >= 11 is 2.34. The third-order valence-corrected chi connectivity index (χ3v) is 4.72. The molecule has 3 aromatic rings. The van der Waals surface area contributed by atoms with Crippen molar-refractivity contribution >= 4 is 46.4 Å². The first-order valence-electron chi connectivity index (χ1n) is 6.33. The molecular formula is C15H8N3O2PS2. The Bertz CT molecular complexity index is 1020. The van der Waals surface area contributed by atoms with Crippen LogP contribution in [0.15, 0.2) is 41.3 Å². The number of thiocyanates is 1. The van der Waals surface area contributed by atoms with Crippen LogP contribution in [-0.4, -0.2) is 4.98 Å². The second-order valence-electron chi connectivity index (χ2n) is 4.32. The average Bonchev–Trinajstić information content (AvgIpc) is 2.95. The molecule has 0 saturated carbocycles. The Hall–Kier alpha value is -2.22. The number of nitriles is 1. The average molecular weight is 357 g/mol. The van der Waals surface area contributed by atoms with Gasteiger partial charge in [-0.3, -0.25) is 0 Å². The minimum atomic E-state index is -0.369. The summed E-state index contributed by atoms with van der Waals surface area (Å²) in [4.78, 5) is 5.00. The fourth-order valence-corrected chi connectivity index (χ4v) is 3.90. The van der Waals surface area contributed by atoms with Crippen molar-refractivity contribution in [1.29, 1.82) is 5.26 Å².